The number of hydrogen-bond donors (Lipinski definition) is 1. The molecule has 3 heterocycles. The molecule has 138 valence electrons. The molecular weight excluding hydrogens is 312 g/mol. The van der Waals surface area contributed by atoms with E-state index in [0.717, 1.165) is 38.5 Å². The number of pyridine rings is 1. The number of nitrogens with one attached hydrogen (secondary N) is 1. The molecule has 2 fully saturated rings. The summed E-state index contributed by atoms with van der Waals surface area (Å²) in [4.78, 5) is 21.5. The normalized spacial score (nSPS) is 22.9. The average Bonchev–Trinajstić information content (AvgIpc) is 2.63. The van der Waals surface area contributed by atoms with E-state index in [2.05, 4.69) is 26.2 Å². The van der Waals surface area contributed by atoms with Crippen molar-refractivity contribution in [1.29, 1.82) is 0 Å². The van der Waals surface area contributed by atoms with Crippen LogP contribution in [-0.4, -0.2) is 55.1 Å². The highest BCUT2D eigenvalue weighted by Gasteiger charge is 2.21. The van der Waals surface area contributed by atoms with Gasteiger partial charge in [0.25, 0.3) is 0 Å². The van der Waals surface area contributed by atoms with E-state index in [1.807, 2.05) is 18.3 Å². The van der Waals surface area contributed by atoms with E-state index in [4.69, 9.17) is 0 Å². The van der Waals surface area contributed by atoms with Crippen molar-refractivity contribution in [2.45, 2.75) is 44.9 Å². The second kappa shape index (κ2) is 9.76. The first-order chi connectivity index (χ1) is 12.3. The largest absolute Gasteiger partial charge is 0.356 e. The Bertz CT molecular complexity index is 514. The predicted octanol–water partition coefficient (Wildman–Crippen LogP) is 2.68. The zero-order valence-corrected chi connectivity index (χ0v) is 15.3. The van der Waals surface area contributed by atoms with E-state index in [9.17, 15) is 4.79 Å². The highest BCUT2D eigenvalue weighted by atomic mass is 16.2. The fraction of sp³-hybridized carbons (Fsp3) is 0.700. The van der Waals surface area contributed by atoms with Crippen LogP contribution in [0.15, 0.2) is 24.4 Å². The van der Waals surface area contributed by atoms with Crippen LogP contribution in [0.2, 0.25) is 0 Å². The van der Waals surface area contributed by atoms with Gasteiger partial charge in [-0.25, -0.2) is 4.98 Å². The van der Waals surface area contributed by atoms with Gasteiger partial charge in [0.1, 0.15) is 5.82 Å². The maximum absolute atomic E-state index is 12.3. The van der Waals surface area contributed by atoms with Crippen LogP contribution in [0.3, 0.4) is 0 Å². The number of hydrogen-bond acceptors (Lipinski definition) is 4. The van der Waals surface area contributed by atoms with Crippen LogP contribution in [-0.2, 0) is 4.79 Å². The Kier molecular flexibility index (Phi) is 7.10. The van der Waals surface area contributed by atoms with Crippen molar-refractivity contribution in [2.75, 3.05) is 44.2 Å². The molecule has 1 aromatic heterocycles. The van der Waals surface area contributed by atoms with E-state index in [1.54, 1.807) is 0 Å². The highest BCUT2D eigenvalue weighted by molar-refractivity contribution is 5.78. The maximum Gasteiger partial charge on any atom is 0.234 e. The monoisotopic (exact) mass is 344 g/mol. The Morgan fingerprint density at radius 2 is 1.88 bits per heavy atom. The summed E-state index contributed by atoms with van der Waals surface area (Å²) in [6, 6.07) is 6.07. The van der Waals surface area contributed by atoms with Crippen LogP contribution in [0.5, 0.6) is 0 Å². The van der Waals surface area contributed by atoms with Crippen LogP contribution in [0.25, 0.3) is 0 Å². The lowest BCUT2D eigenvalue weighted by Crippen LogP contribution is -2.44. The third kappa shape index (κ3) is 5.99. The highest BCUT2D eigenvalue weighted by Crippen LogP contribution is 2.20. The van der Waals surface area contributed by atoms with Gasteiger partial charge in [-0.1, -0.05) is 25.3 Å². The second-order valence-corrected chi connectivity index (χ2v) is 7.49. The number of piperidine rings is 1. The molecule has 0 saturated carbocycles. The molecule has 1 aromatic rings. The van der Waals surface area contributed by atoms with Crippen molar-refractivity contribution < 1.29 is 4.79 Å². The average molecular weight is 345 g/mol. The first-order valence-corrected chi connectivity index (χ1v) is 9.96. The van der Waals surface area contributed by atoms with Crippen LogP contribution in [0.1, 0.15) is 44.9 Å². The molecule has 0 aliphatic carbocycles. The van der Waals surface area contributed by atoms with Crippen LogP contribution in [0, 0.1) is 5.92 Å². The number of anilines is 1. The number of likely N-dealkylation sites (tertiary alicyclic amines) is 1. The van der Waals surface area contributed by atoms with Gasteiger partial charge in [0.15, 0.2) is 0 Å². The number of aromatic nitrogens is 1. The van der Waals surface area contributed by atoms with E-state index in [-0.39, 0.29) is 5.91 Å². The zero-order chi connectivity index (χ0) is 17.3. The Hall–Kier alpha value is -1.62. The quantitative estimate of drug-likeness (QED) is 0.892. The minimum Gasteiger partial charge on any atom is -0.356 e. The van der Waals surface area contributed by atoms with Crippen molar-refractivity contribution in [2.24, 2.45) is 5.92 Å². The third-order valence-corrected chi connectivity index (χ3v) is 5.40. The van der Waals surface area contributed by atoms with E-state index >= 15 is 0 Å². The van der Waals surface area contributed by atoms with Crippen molar-refractivity contribution in [1.82, 2.24) is 15.2 Å². The van der Waals surface area contributed by atoms with Gasteiger partial charge in [0.2, 0.25) is 5.91 Å². The molecule has 0 radical (unpaired) electrons. The summed E-state index contributed by atoms with van der Waals surface area (Å²) in [5, 5.41) is 3.18. The summed E-state index contributed by atoms with van der Waals surface area (Å²) >= 11 is 0. The van der Waals surface area contributed by atoms with Crippen LogP contribution >= 0.6 is 0 Å². The lowest BCUT2D eigenvalue weighted by Gasteiger charge is -2.33. The number of carbonyl (C=O) groups excluding carboxylic acids is 1. The van der Waals surface area contributed by atoms with Gasteiger partial charge in [-0.3, -0.25) is 9.69 Å². The molecule has 25 heavy (non-hydrogen) atoms. The fourth-order valence-corrected chi connectivity index (χ4v) is 3.97. The summed E-state index contributed by atoms with van der Waals surface area (Å²) in [7, 11) is 0. The molecule has 5 nitrogen and oxygen atoms in total. The van der Waals surface area contributed by atoms with Crippen molar-refractivity contribution in [3.8, 4) is 0 Å². The van der Waals surface area contributed by atoms with E-state index in [1.165, 1.54) is 44.9 Å². The summed E-state index contributed by atoms with van der Waals surface area (Å²) in [6.45, 7) is 5.55. The van der Waals surface area contributed by atoms with Gasteiger partial charge in [0, 0.05) is 25.8 Å². The van der Waals surface area contributed by atoms with Crippen molar-refractivity contribution >= 4 is 11.7 Å². The van der Waals surface area contributed by atoms with E-state index < -0.39 is 0 Å². The molecule has 1 N–H and O–H groups in total. The summed E-state index contributed by atoms with van der Waals surface area (Å²) in [5.41, 5.74) is 0. The molecule has 2 saturated heterocycles. The Morgan fingerprint density at radius 1 is 1.08 bits per heavy atom. The molecule has 0 aromatic carbocycles. The van der Waals surface area contributed by atoms with Gasteiger partial charge in [-0.2, -0.15) is 0 Å². The molecule has 5 heteroatoms. The number of carbonyl (C=O) groups is 1. The number of nitrogens with zero attached hydrogens (tertiary/aromatic N) is 3. The molecule has 2 aliphatic heterocycles. The minimum atomic E-state index is 0.190. The Morgan fingerprint density at radius 3 is 2.64 bits per heavy atom. The SMILES string of the molecule is O=C(CN1CCCCCCC1)NC[C@@H]1CCCN(c2ccccn2)C1. The number of rotatable bonds is 5. The van der Waals surface area contributed by atoms with Gasteiger partial charge in [-0.05, 0) is 56.8 Å². The topological polar surface area (TPSA) is 48.5 Å². The lowest BCUT2D eigenvalue weighted by molar-refractivity contribution is -0.122. The molecule has 1 amide bonds. The van der Waals surface area contributed by atoms with Crippen molar-refractivity contribution in [3.63, 3.8) is 0 Å². The smallest absolute Gasteiger partial charge is 0.234 e. The summed E-state index contributed by atoms with van der Waals surface area (Å²) in [6.07, 6.45) is 10.6. The first kappa shape index (κ1) is 18.2. The van der Waals surface area contributed by atoms with Gasteiger partial charge in [0.05, 0.1) is 6.54 Å². The summed E-state index contributed by atoms with van der Waals surface area (Å²) < 4.78 is 0. The van der Waals surface area contributed by atoms with Crippen molar-refractivity contribution in [3.05, 3.63) is 24.4 Å². The predicted molar refractivity (Wildman–Crippen MR) is 102 cm³/mol. The minimum absolute atomic E-state index is 0.190. The lowest BCUT2D eigenvalue weighted by atomic mass is 9.98. The summed E-state index contributed by atoms with van der Waals surface area (Å²) in [5.74, 6) is 1.77. The Balaban J connectivity index is 1.40. The Labute approximate surface area is 151 Å². The molecule has 1 atom stereocenters. The number of amides is 1. The molecule has 0 unspecified atom stereocenters. The second-order valence-electron chi connectivity index (χ2n) is 7.49. The molecule has 0 bridgehead atoms. The van der Waals surface area contributed by atoms with Crippen LogP contribution < -0.4 is 10.2 Å². The standard InChI is InChI=1S/C20H32N4O/c25-20(17-23-12-6-2-1-3-7-13-23)22-15-18-9-8-14-24(16-18)19-10-4-5-11-21-19/h4-5,10-11,18H,1-3,6-9,12-17H2,(H,22,25)/t18-/m0/s1. The molecule has 2 aliphatic rings. The van der Waals surface area contributed by atoms with Gasteiger partial charge >= 0.3 is 0 Å². The molecule has 0 spiro atoms. The molecular formula is C20H32N4O. The third-order valence-electron chi connectivity index (χ3n) is 5.40. The zero-order valence-electron chi connectivity index (χ0n) is 15.3. The maximum atomic E-state index is 12.3. The van der Waals surface area contributed by atoms with Crippen LogP contribution in [0.4, 0.5) is 5.82 Å². The first-order valence-electron chi connectivity index (χ1n) is 9.96. The van der Waals surface area contributed by atoms with E-state index in [0.29, 0.717) is 12.5 Å². The van der Waals surface area contributed by atoms with Gasteiger partial charge < -0.3 is 10.2 Å². The fourth-order valence-electron chi connectivity index (χ4n) is 3.97. The van der Waals surface area contributed by atoms with Gasteiger partial charge in [-0.15, -0.1) is 0 Å². The molecule has 3 rings (SSSR count).